The lowest BCUT2D eigenvalue weighted by molar-refractivity contribution is 0.394. The fourth-order valence-electron chi connectivity index (χ4n) is 2.24. The Morgan fingerprint density at radius 1 is 1.38 bits per heavy atom. The summed E-state index contributed by atoms with van der Waals surface area (Å²) in [6, 6.07) is 5.06. The van der Waals surface area contributed by atoms with E-state index in [0.717, 1.165) is 13.1 Å². The summed E-state index contributed by atoms with van der Waals surface area (Å²) in [7, 11) is 1.65. The lowest BCUT2D eigenvalue weighted by Crippen LogP contribution is -2.54. The van der Waals surface area contributed by atoms with Crippen molar-refractivity contribution in [3.63, 3.8) is 0 Å². The molecule has 1 saturated heterocycles. The summed E-state index contributed by atoms with van der Waals surface area (Å²) in [4.78, 5) is 6.50. The molecule has 0 spiro atoms. The van der Waals surface area contributed by atoms with Crippen LogP contribution in [0, 0.1) is 0 Å². The maximum absolute atomic E-state index is 5.15. The summed E-state index contributed by atoms with van der Waals surface area (Å²) in [5, 5.41) is 3.52. The van der Waals surface area contributed by atoms with Crippen LogP contribution in [0.2, 0.25) is 0 Å². The van der Waals surface area contributed by atoms with Crippen LogP contribution in [0.5, 0.6) is 5.88 Å². The van der Waals surface area contributed by atoms with Crippen LogP contribution in [-0.2, 0) is 0 Å². The molecule has 88 valence electrons. The summed E-state index contributed by atoms with van der Waals surface area (Å²) >= 11 is 0. The molecule has 1 aliphatic rings. The molecule has 0 aliphatic carbocycles. The lowest BCUT2D eigenvalue weighted by atomic mass is 10.1. The normalized spacial score (nSPS) is 25.6. The van der Waals surface area contributed by atoms with E-state index in [1.165, 1.54) is 5.69 Å². The molecule has 0 bridgehead atoms. The molecule has 0 aromatic carbocycles. The fourth-order valence-corrected chi connectivity index (χ4v) is 2.24. The first-order valence-corrected chi connectivity index (χ1v) is 5.70. The number of hydrogen-bond donors (Lipinski definition) is 1. The Morgan fingerprint density at radius 2 is 2.06 bits per heavy atom. The van der Waals surface area contributed by atoms with Gasteiger partial charge in [-0.3, -0.25) is 0 Å². The number of hydrogen-bond acceptors (Lipinski definition) is 4. The molecule has 2 heterocycles. The zero-order chi connectivity index (χ0) is 11.5. The topological polar surface area (TPSA) is 37.4 Å². The van der Waals surface area contributed by atoms with Gasteiger partial charge in [-0.1, -0.05) is 0 Å². The van der Waals surface area contributed by atoms with E-state index in [4.69, 9.17) is 4.74 Å². The van der Waals surface area contributed by atoms with Gasteiger partial charge in [-0.25, -0.2) is 4.98 Å². The van der Waals surface area contributed by atoms with E-state index in [-0.39, 0.29) is 0 Å². The van der Waals surface area contributed by atoms with Crippen LogP contribution >= 0.6 is 0 Å². The SMILES string of the molecule is COc1cc(N2CC(C)NC(C)C2)ccn1. The number of pyridine rings is 1. The van der Waals surface area contributed by atoms with Crippen LogP contribution in [0.4, 0.5) is 5.69 Å². The molecule has 16 heavy (non-hydrogen) atoms. The number of nitrogens with zero attached hydrogens (tertiary/aromatic N) is 2. The summed E-state index contributed by atoms with van der Waals surface area (Å²) in [5.41, 5.74) is 1.19. The van der Waals surface area contributed by atoms with E-state index < -0.39 is 0 Å². The zero-order valence-corrected chi connectivity index (χ0v) is 10.1. The monoisotopic (exact) mass is 221 g/mol. The first-order chi connectivity index (χ1) is 7.69. The predicted molar refractivity (Wildman–Crippen MR) is 65.1 cm³/mol. The minimum absolute atomic E-state index is 0.517. The predicted octanol–water partition coefficient (Wildman–Crippen LogP) is 1.28. The van der Waals surface area contributed by atoms with Crippen molar-refractivity contribution < 1.29 is 4.74 Å². The molecule has 4 heteroatoms. The van der Waals surface area contributed by atoms with Gasteiger partial charge in [-0.05, 0) is 19.9 Å². The molecule has 2 unspecified atom stereocenters. The van der Waals surface area contributed by atoms with Gasteiger partial charge in [-0.2, -0.15) is 0 Å². The van der Waals surface area contributed by atoms with Crippen molar-refractivity contribution >= 4 is 5.69 Å². The number of nitrogens with one attached hydrogen (secondary N) is 1. The average molecular weight is 221 g/mol. The highest BCUT2D eigenvalue weighted by molar-refractivity contribution is 5.48. The number of piperazine rings is 1. The third kappa shape index (κ3) is 2.44. The Hall–Kier alpha value is -1.29. The largest absolute Gasteiger partial charge is 0.481 e. The first-order valence-electron chi connectivity index (χ1n) is 5.70. The molecule has 2 rings (SSSR count). The summed E-state index contributed by atoms with van der Waals surface area (Å²) < 4.78 is 5.15. The maximum Gasteiger partial charge on any atom is 0.214 e. The number of aromatic nitrogens is 1. The molecule has 2 atom stereocenters. The smallest absolute Gasteiger partial charge is 0.214 e. The summed E-state index contributed by atoms with van der Waals surface area (Å²) in [6.07, 6.45) is 1.80. The van der Waals surface area contributed by atoms with Gasteiger partial charge < -0.3 is 15.0 Å². The second-order valence-corrected chi connectivity index (χ2v) is 4.43. The van der Waals surface area contributed by atoms with Gasteiger partial charge in [-0.15, -0.1) is 0 Å². The van der Waals surface area contributed by atoms with E-state index in [1.807, 2.05) is 12.1 Å². The number of rotatable bonds is 2. The highest BCUT2D eigenvalue weighted by Gasteiger charge is 2.21. The highest BCUT2D eigenvalue weighted by Crippen LogP contribution is 2.20. The van der Waals surface area contributed by atoms with Gasteiger partial charge in [0.25, 0.3) is 0 Å². The average Bonchev–Trinajstić information content (AvgIpc) is 2.28. The molecule has 0 amide bonds. The van der Waals surface area contributed by atoms with Crippen molar-refractivity contribution in [3.05, 3.63) is 18.3 Å². The summed E-state index contributed by atoms with van der Waals surface area (Å²) in [6.45, 7) is 6.47. The minimum atomic E-state index is 0.517. The van der Waals surface area contributed by atoms with Crippen LogP contribution in [0.1, 0.15) is 13.8 Å². The van der Waals surface area contributed by atoms with Gasteiger partial charge in [0.05, 0.1) is 7.11 Å². The van der Waals surface area contributed by atoms with Crippen molar-refractivity contribution in [2.24, 2.45) is 0 Å². The van der Waals surface area contributed by atoms with Crippen molar-refractivity contribution in [3.8, 4) is 5.88 Å². The lowest BCUT2D eigenvalue weighted by Gasteiger charge is -2.37. The Balaban J connectivity index is 2.16. The van der Waals surface area contributed by atoms with Crippen molar-refractivity contribution in [1.29, 1.82) is 0 Å². The van der Waals surface area contributed by atoms with Gasteiger partial charge in [0, 0.05) is 43.1 Å². The third-order valence-corrected chi connectivity index (χ3v) is 2.85. The minimum Gasteiger partial charge on any atom is -0.481 e. The Morgan fingerprint density at radius 3 is 2.69 bits per heavy atom. The van der Waals surface area contributed by atoms with Crippen LogP contribution in [0.25, 0.3) is 0 Å². The molecule has 0 radical (unpaired) electrons. The van der Waals surface area contributed by atoms with E-state index in [2.05, 4.69) is 29.0 Å². The Bertz CT molecular complexity index is 346. The molecule has 0 saturated carbocycles. The zero-order valence-electron chi connectivity index (χ0n) is 10.1. The van der Waals surface area contributed by atoms with Crippen LogP contribution < -0.4 is 15.0 Å². The highest BCUT2D eigenvalue weighted by atomic mass is 16.5. The fraction of sp³-hybridized carbons (Fsp3) is 0.583. The van der Waals surface area contributed by atoms with Crippen molar-refractivity contribution in [2.45, 2.75) is 25.9 Å². The van der Waals surface area contributed by atoms with Crippen molar-refractivity contribution in [1.82, 2.24) is 10.3 Å². The molecule has 1 aliphatic heterocycles. The van der Waals surface area contributed by atoms with Gasteiger partial charge >= 0.3 is 0 Å². The quantitative estimate of drug-likeness (QED) is 0.816. The standard InChI is InChI=1S/C12H19N3O/c1-9-7-15(8-10(2)14-9)11-4-5-13-12(6-11)16-3/h4-6,9-10,14H,7-8H2,1-3H3. The van der Waals surface area contributed by atoms with Crippen molar-refractivity contribution in [2.75, 3.05) is 25.1 Å². The van der Waals surface area contributed by atoms with Crippen LogP contribution in [-0.4, -0.2) is 37.3 Å². The van der Waals surface area contributed by atoms with E-state index in [0.29, 0.717) is 18.0 Å². The third-order valence-electron chi connectivity index (χ3n) is 2.85. The molecule has 1 fully saturated rings. The second-order valence-electron chi connectivity index (χ2n) is 4.43. The summed E-state index contributed by atoms with van der Waals surface area (Å²) in [5.74, 6) is 0.677. The van der Waals surface area contributed by atoms with Gasteiger partial charge in [0.2, 0.25) is 5.88 Å². The Kier molecular flexibility index (Phi) is 3.29. The van der Waals surface area contributed by atoms with E-state index in [1.54, 1.807) is 13.3 Å². The molecule has 1 aromatic heterocycles. The number of ether oxygens (including phenoxy) is 1. The number of anilines is 1. The molecule has 1 aromatic rings. The van der Waals surface area contributed by atoms with Crippen LogP contribution in [0.3, 0.4) is 0 Å². The molecular weight excluding hydrogens is 202 g/mol. The molecule has 4 nitrogen and oxygen atoms in total. The number of methoxy groups -OCH3 is 1. The van der Waals surface area contributed by atoms with Gasteiger partial charge in [0.1, 0.15) is 0 Å². The first kappa shape index (κ1) is 11.2. The van der Waals surface area contributed by atoms with E-state index >= 15 is 0 Å². The maximum atomic E-state index is 5.15. The van der Waals surface area contributed by atoms with E-state index in [9.17, 15) is 0 Å². The molecule has 1 N–H and O–H groups in total. The second kappa shape index (κ2) is 4.70. The Labute approximate surface area is 96.6 Å². The van der Waals surface area contributed by atoms with Gasteiger partial charge in [0.15, 0.2) is 0 Å². The van der Waals surface area contributed by atoms with Crippen LogP contribution in [0.15, 0.2) is 18.3 Å². The molecular formula is C12H19N3O.